The molecule has 104 valence electrons. The zero-order valence-corrected chi connectivity index (χ0v) is 11.3. The first-order valence-corrected chi connectivity index (χ1v) is 6.44. The summed E-state index contributed by atoms with van der Waals surface area (Å²) in [6, 6.07) is 13.8. The van der Waals surface area contributed by atoms with Gasteiger partial charge in [0.15, 0.2) is 0 Å². The first-order valence-electron chi connectivity index (χ1n) is 6.44. The van der Waals surface area contributed by atoms with Crippen LogP contribution < -0.4 is 10.2 Å². The lowest BCUT2D eigenvalue weighted by Gasteiger charge is -2.04. The summed E-state index contributed by atoms with van der Waals surface area (Å²) in [6.07, 6.45) is 1.14. The Hall–Kier alpha value is -2.88. The van der Waals surface area contributed by atoms with E-state index in [0.29, 0.717) is 16.7 Å². The van der Waals surface area contributed by atoms with Crippen molar-refractivity contribution in [2.45, 2.75) is 6.92 Å². The van der Waals surface area contributed by atoms with Gasteiger partial charge >= 0.3 is 5.97 Å². The highest BCUT2D eigenvalue weighted by Crippen LogP contribution is 2.15. The van der Waals surface area contributed by atoms with E-state index in [1.165, 1.54) is 0 Å². The quantitative estimate of drug-likeness (QED) is 0.533. The lowest BCUT2D eigenvalue weighted by Crippen LogP contribution is -2.19. The maximum Gasteiger partial charge on any atom is 0.350 e. The Morgan fingerprint density at radius 2 is 1.76 bits per heavy atom. The van der Waals surface area contributed by atoms with Gasteiger partial charge in [0.05, 0.1) is 5.39 Å². The standard InChI is InChI=1S/C17H12O4/c1-11-6-8-12(9-7-11)21-17(19)14-10-20-15-5-3-2-4-13(15)16(14)18/h2-10H,1H3. The normalized spacial score (nSPS) is 10.5. The molecule has 0 saturated carbocycles. The minimum absolute atomic E-state index is 0.116. The van der Waals surface area contributed by atoms with Crippen molar-refractivity contribution in [1.29, 1.82) is 0 Å². The first kappa shape index (κ1) is 13.1. The van der Waals surface area contributed by atoms with E-state index in [9.17, 15) is 9.59 Å². The molecule has 0 saturated heterocycles. The molecule has 0 bridgehead atoms. The van der Waals surface area contributed by atoms with Gasteiger partial charge in [-0.2, -0.15) is 0 Å². The molecule has 0 N–H and O–H groups in total. The predicted octanol–water partition coefficient (Wildman–Crippen LogP) is 3.32. The fraction of sp³-hybridized carbons (Fsp3) is 0.0588. The highest BCUT2D eigenvalue weighted by Gasteiger charge is 2.16. The van der Waals surface area contributed by atoms with Crippen molar-refractivity contribution < 1.29 is 13.9 Å². The average Bonchev–Trinajstić information content (AvgIpc) is 2.50. The lowest BCUT2D eigenvalue weighted by molar-refractivity contribution is 0.0731. The zero-order chi connectivity index (χ0) is 14.8. The second-order valence-electron chi connectivity index (χ2n) is 4.68. The van der Waals surface area contributed by atoms with Crippen LogP contribution in [0, 0.1) is 6.92 Å². The van der Waals surface area contributed by atoms with E-state index in [0.717, 1.165) is 11.8 Å². The molecule has 2 aromatic carbocycles. The first-order chi connectivity index (χ1) is 10.1. The number of fused-ring (bicyclic) bond motifs is 1. The number of benzene rings is 2. The molecule has 0 unspecified atom stereocenters. The fourth-order valence-electron chi connectivity index (χ4n) is 1.99. The molecule has 0 aliphatic heterocycles. The summed E-state index contributed by atoms with van der Waals surface area (Å²) in [5, 5.41) is 0.357. The molecule has 3 rings (SSSR count). The Kier molecular flexibility index (Phi) is 3.28. The highest BCUT2D eigenvalue weighted by atomic mass is 16.5. The molecule has 1 aromatic heterocycles. The third-order valence-corrected chi connectivity index (χ3v) is 3.13. The number of carbonyl (C=O) groups excluding carboxylic acids is 1. The van der Waals surface area contributed by atoms with Crippen molar-refractivity contribution in [2.75, 3.05) is 0 Å². The molecule has 4 heteroatoms. The van der Waals surface area contributed by atoms with Gasteiger partial charge < -0.3 is 9.15 Å². The molecule has 1 heterocycles. The minimum Gasteiger partial charge on any atom is -0.463 e. The topological polar surface area (TPSA) is 56.5 Å². The molecule has 3 aromatic rings. The number of esters is 1. The Balaban J connectivity index is 1.96. The Bertz CT molecular complexity index is 860. The molecule has 0 aliphatic rings. The van der Waals surface area contributed by atoms with Gasteiger partial charge in [0.2, 0.25) is 5.43 Å². The molecule has 0 atom stereocenters. The summed E-state index contributed by atoms with van der Waals surface area (Å²) >= 11 is 0. The van der Waals surface area contributed by atoms with E-state index in [4.69, 9.17) is 9.15 Å². The van der Waals surface area contributed by atoms with Crippen molar-refractivity contribution in [3.8, 4) is 5.75 Å². The highest BCUT2D eigenvalue weighted by molar-refractivity contribution is 5.93. The average molecular weight is 280 g/mol. The number of aryl methyl sites for hydroxylation is 1. The third kappa shape index (κ3) is 2.56. The molecule has 0 spiro atoms. The maximum absolute atomic E-state index is 12.3. The van der Waals surface area contributed by atoms with Crippen molar-refractivity contribution in [1.82, 2.24) is 0 Å². The van der Waals surface area contributed by atoms with Gasteiger partial charge in [0, 0.05) is 0 Å². The van der Waals surface area contributed by atoms with Gasteiger partial charge in [-0.3, -0.25) is 4.79 Å². The van der Waals surface area contributed by atoms with Crippen LogP contribution in [0.25, 0.3) is 11.0 Å². The Morgan fingerprint density at radius 3 is 2.52 bits per heavy atom. The van der Waals surface area contributed by atoms with E-state index < -0.39 is 11.4 Å². The second-order valence-corrected chi connectivity index (χ2v) is 4.68. The predicted molar refractivity (Wildman–Crippen MR) is 78.6 cm³/mol. The smallest absolute Gasteiger partial charge is 0.350 e. The van der Waals surface area contributed by atoms with Crippen LogP contribution in [0.1, 0.15) is 15.9 Å². The molecule has 0 aliphatic carbocycles. The largest absolute Gasteiger partial charge is 0.463 e. The number of ether oxygens (including phenoxy) is 1. The van der Waals surface area contributed by atoms with Crippen LogP contribution >= 0.6 is 0 Å². The summed E-state index contributed by atoms with van der Waals surface area (Å²) in [4.78, 5) is 24.3. The van der Waals surface area contributed by atoms with Gasteiger partial charge in [-0.05, 0) is 31.2 Å². The molecular weight excluding hydrogens is 268 g/mol. The van der Waals surface area contributed by atoms with Crippen LogP contribution in [0.2, 0.25) is 0 Å². The maximum atomic E-state index is 12.3. The van der Waals surface area contributed by atoms with E-state index >= 15 is 0 Å². The molecule has 21 heavy (non-hydrogen) atoms. The van der Waals surface area contributed by atoms with Crippen LogP contribution in [-0.2, 0) is 0 Å². The van der Waals surface area contributed by atoms with E-state index in [2.05, 4.69) is 0 Å². The van der Waals surface area contributed by atoms with Gasteiger partial charge in [0.25, 0.3) is 0 Å². The van der Waals surface area contributed by atoms with Crippen molar-refractivity contribution >= 4 is 16.9 Å². The van der Waals surface area contributed by atoms with Crippen molar-refractivity contribution in [3.05, 3.63) is 76.1 Å². The van der Waals surface area contributed by atoms with Crippen LogP contribution in [0.3, 0.4) is 0 Å². The third-order valence-electron chi connectivity index (χ3n) is 3.13. The fourth-order valence-corrected chi connectivity index (χ4v) is 1.99. The van der Waals surface area contributed by atoms with Crippen LogP contribution in [0.4, 0.5) is 0 Å². The Morgan fingerprint density at radius 1 is 1.05 bits per heavy atom. The second kappa shape index (κ2) is 5.25. The number of carbonyl (C=O) groups is 1. The monoisotopic (exact) mass is 280 g/mol. The molecule has 0 fully saturated rings. The SMILES string of the molecule is Cc1ccc(OC(=O)c2coc3ccccc3c2=O)cc1. The summed E-state index contributed by atoms with van der Waals surface area (Å²) < 4.78 is 10.5. The van der Waals surface area contributed by atoms with Crippen molar-refractivity contribution in [2.24, 2.45) is 0 Å². The number of para-hydroxylation sites is 1. The van der Waals surface area contributed by atoms with Crippen molar-refractivity contribution in [3.63, 3.8) is 0 Å². The minimum atomic E-state index is -0.724. The number of hydrogen-bond acceptors (Lipinski definition) is 4. The summed E-state index contributed by atoms with van der Waals surface area (Å²) in [5.41, 5.74) is 0.984. The summed E-state index contributed by atoms with van der Waals surface area (Å²) in [6.45, 7) is 1.93. The molecule has 0 amide bonds. The summed E-state index contributed by atoms with van der Waals surface area (Å²) in [7, 11) is 0. The molecule has 4 nitrogen and oxygen atoms in total. The van der Waals surface area contributed by atoms with E-state index in [1.807, 2.05) is 19.1 Å². The number of hydrogen-bond donors (Lipinski definition) is 0. The molecular formula is C17H12O4. The van der Waals surface area contributed by atoms with Gasteiger partial charge in [0.1, 0.15) is 23.2 Å². The van der Waals surface area contributed by atoms with Crippen LogP contribution in [-0.4, -0.2) is 5.97 Å². The number of rotatable bonds is 2. The summed E-state index contributed by atoms with van der Waals surface area (Å²) in [5.74, 6) is -0.337. The van der Waals surface area contributed by atoms with E-state index in [1.54, 1.807) is 36.4 Å². The van der Waals surface area contributed by atoms with Crippen LogP contribution in [0.5, 0.6) is 5.75 Å². The lowest BCUT2D eigenvalue weighted by atomic mass is 10.2. The van der Waals surface area contributed by atoms with E-state index in [-0.39, 0.29) is 5.56 Å². The van der Waals surface area contributed by atoms with Crippen LogP contribution in [0.15, 0.2) is 64.0 Å². The van der Waals surface area contributed by atoms with Gasteiger partial charge in [-0.1, -0.05) is 29.8 Å². The zero-order valence-electron chi connectivity index (χ0n) is 11.3. The van der Waals surface area contributed by atoms with Gasteiger partial charge in [-0.25, -0.2) is 4.79 Å². The Labute approximate surface area is 120 Å². The van der Waals surface area contributed by atoms with Gasteiger partial charge in [-0.15, -0.1) is 0 Å². The molecule has 0 radical (unpaired) electrons.